The number of hydrogen-bond donors (Lipinski definition) is 1. The van der Waals surface area contributed by atoms with Gasteiger partial charge in [-0.05, 0) is 30.4 Å². The van der Waals surface area contributed by atoms with Gasteiger partial charge < -0.3 is 24.6 Å². The summed E-state index contributed by atoms with van der Waals surface area (Å²) in [5, 5.41) is 3.04. The highest BCUT2D eigenvalue weighted by Crippen LogP contribution is 2.33. The van der Waals surface area contributed by atoms with Crippen LogP contribution in [0.2, 0.25) is 0 Å². The number of nitrogens with one attached hydrogen (secondary N) is 1. The van der Waals surface area contributed by atoms with E-state index in [2.05, 4.69) is 19.2 Å². The molecule has 0 aliphatic carbocycles. The van der Waals surface area contributed by atoms with Crippen molar-refractivity contribution in [1.29, 1.82) is 0 Å². The first-order valence-electron chi connectivity index (χ1n) is 9.49. The Morgan fingerprint density at radius 3 is 2.37 bits per heavy atom. The minimum Gasteiger partial charge on any atom is -0.493 e. The number of hydrogen-bond acceptors (Lipinski definition) is 4. The summed E-state index contributed by atoms with van der Waals surface area (Å²) >= 11 is 0. The van der Waals surface area contributed by atoms with Gasteiger partial charge in [-0.3, -0.25) is 4.79 Å². The second kappa shape index (κ2) is 8.06. The van der Waals surface area contributed by atoms with Crippen LogP contribution in [0.1, 0.15) is 26.7 Å². The zero-order chi connectivity index (χ0) is 19.6. The molecule has 7 nitrogen and oxygen atoms in total. The molecule has 3 rings (SSSR count). The maximum atomic E-state index is 12.6. The molecule has 2 heterocycles. The molecule has 2 aliphatic rings. The number of ether oxygens (including phenoxy) is 2. The Labute approximate surface area is 160 Å². The lowest BCUT2D eigenvalue weighted by Gasteiger charge is -2.35. The van der Waals surface area contributed by atoms with Crippen molar-refractivity contribution >= 4 is 17.6 Å². The number of nitrogens with zero attached hydrogens (tertiary/aromatic N) is 2. The van der Waals surface area contributed by atoms with Gasteiger partial charge >= 0.3 is 6.03 Å². The van der Waals surface area contributed by atoms with E-state index < -0.39 is 0 Å². The summed E-state index contributed by atoms with van der Waals surface area (Å²) in [4.78, 5) is 28.7. The van der Waals surface area contributed by atoms with Crippen LogP contribution < -0.4 is 19.7 Å². The molecular weight excluding hydrogens is 346 g/mol. The Kier molecular flexibility index (Phi) is 5.77. The van der Waals surface area contributed by atoms with Gasteiger partial charge in [-0.1, -0.05) is 13.8 Å². The largest absolute Gasteiger partial charge is 0.493 e. The fourth-order valence-electron chi connectivity index (χ4n) is 4.14. The van der Waals surface area contributed by atoms with Crippen LogP contribution in [-0.4, -0.2) is 56.7 Å². The molecule has 27 heavy (non-hydrogen) atoms. The molecule has 1 aromatic rings. The number of likely N-dealkylation sites (tertiary alicyclic amines) is 1. The molecule has 0 unspecified atom stereocenters. The molecule has 0 spiro atoms. The second-order valence-electron chi connectivity index (χ2n) is 7.75. The molecule has 148 valence electrons. The maximum Gasteiger partial charge on any atom is 0.317 e. The van der Waals surface area contributed by atoms with Crippen LogP contribution >= 0.6 is 0 Å². The lowest BCUT2D eigenvalue weighted by Crippen LogP contribution is -2.50. The normalized spacial score (nSPS) is 25.5. The first kappa shape index (κ1) is 19.3. The van der Waals surface area contributed by atoms with Gasteiger partial charge in [0.1, 0.15) is 0 Å². The summed E-state index contributed by atoms with van der Waals surface area (Å²) in [5.41, 5.74) is 0.745. The van der Waals surface area contributed by atoms with Gasteiger partial charge in [0, 0.05) is 37.8 Å². The van der Waals surface area contributed by atoms with E-state index in [-0.39, 0.29) is 18.0 Å². The topological polar surface area (TPSA) is 71.1 Å². The molecule has 2 aliphatic heterocycles. The Hall–Kier alpha value is -2.44. The van der Waals surface area contributed by atoms with Crippen molar-refractivity contribution in [3.63, 3.8) is 0 Å². The Morgan fingerprint density at radius 2 is 1.74 bits per heavy atom. The average molecular weight is 375 g/mol. The molecular formula is C20H29N3O4. The molecule has 2 fully saturated rings. The SMILES string of the molecule is COc1ccc(N2C[C@H](NC(=O)N3C[C@H](C)C[C@@H](C)C3)CC2=O)cc1OC. The van der Waals surface area contributed by atoms with Crippen LogP contribution in [0.15, 0.2) is 18.2 Å². The lowest BCUT2D eigenvalue weighted by atomic mass is 9.92. The highest BCUT2D eigenvalue weighted by molar-refractivity contribution is 5.97. The number of carbonyl (C=O) groups is 2. The number of anilines is 1. The van der Waals surface area contributed by atoms with Crippen molar-refractivity contribution in [3.8, 4) is 11.5 Å². The summed E-state index contributed by atoms with van der Waals surface area (Å²) in [7, 11) is 3.14. The molecule has 0 bridgehead atoms. The van der Waals surface area contributed by atoms with Crippen molar-refractivity contribution in [1.82, 2.24) is 10.2 Å². The van der Waals surface area contributed by atoms with E-state index >= 15 is 0 Å². The molecule has 0 aromatic heterocycles. The first-order valence-corrected chi connectivity index (χ1v) is 9.49. The first-order chi connectivity index (χ1) is 12.9. The number of amides is 3. The van der Waals surface area contributed by atoms with E-state index in [9.17, 15) is 9.59 Å². The molecule has 1 N–H and O–H groups in total. The second-order valence-corrected chi connectivity index (χ2v) is 7.75. The smallest absolute Gasteiger partial charge is 0.317 e. The zero-order valence-electron chi connectivity index (χ0n) is 16.5. The fraction of sp³-hybridized carbons (Fsp3) is 0.600. The van der Waals surface area contributed by atoms with Gasteiger partial charge in [0.15, 0.2) is 11.5 Å². The summed E-state index contributed by atoms with van der Waals surface area (Å²) in [5.74, 6) is 2.20. The zero-order valence-corrected chi connectivity index (χ0v) is 16.5. The molecule has 2 saturated heterocycles. The highest BCUT2D eigenvalue weighted by atomic mass is 16.5. The summed E-state index contributed by atoms with van der Waals surface area (Å²) in [6.45, 7) is 6.35. The molecule has 0 radical (unpaired) electrons. The third-order valence-electron chi connectivity index (χ3n) is 5.29. The Balaban J connectivity index is 1.64. The maximum absolute atomic E-state index is 12.6. The third kappa shape index (κ3) is 4.28. The van der Waals surface area contributed by atoms with Crippen LogP contribution in [0.5, 0.6) is 11.5 Å². The molecule has 7 heteroatoms. The van der Waals surface area contributed by atoms with Gasteiger partial charge in [0.05, 0.1) is 20.3 Å². The van der Waals surface area contributed by atoms with Gasteiger partial charge in [0.2, 0.25) is 5.91 Å². The van der Waals surface area contributed by atoms with Crippen molar-refractivity contribution in [2.45, 2.75) is 32.7 Å². The van der Waals surface area contributed by atoms with Crippen LogP contribution in [0.3, 0.4) is 0 Å². The minimum absolute atomic E-state index is 0.00657. The van der Waals surface area contributed by atoms with Gasteiger partial charge in [-0.25, -0.2) is 4.79 Å². The summed E-state index contributed by atoms with van der Waals surface area (Å²) < 4.78 is 10.6. The van der Waals surface area contributed by atoms with E-state index in [1.807, 2.05) is 11.0 Å². The number of urea groups is 1. The monoisotopic (exact) mass is 375 g/mol. The average Bonchev–Trinajstić information content (AvgIpc) is 3.00. The van der Waals surface area contributed by atoms with Crippen molar-refractivity contribution in [2.24, 2.45) is 11.8 Å². The van der Waals surface area contributed by atoms with Crippen molar-refractivity contribution in [3.05, 3.63) is 18.2 Å². The number of carbonyl (C=O) groups excluding carboxylic acids is 2. The molecule has 3 amide bonds. The molecule has 0 saturated carbocycles. The predicted octanol–water partition coefficient (Wildman–Crippen LogP) is 2.50. The van der Waals surface area contributed by atoms with E-state index in [1.54, 1.807) is 31.3 Å². The standard InChI is InChI=1S/C20H29N3O4/c1-13-7-14(2)11-22(10-13)20(25)21-15-8-19(24)23(12-15)16-5-6-17(26-3)18(9-16)27-4/h5-6,9,13-15H,7-8,10-12H2,1-4H3,(H,21,25)/t13-,14-,15-/m1/s1. The fourth-order valence-corrected chi connectivity index (χ4v) is 4.14. The van der Waals surface area contributed by atoms with E-state index in [1.165, 1.54) is 0 Å². The van der Waals surface area contributed by atoms with Gasteiger partial charge in [-0.2, -0.15) is 0 Å². The number of piperidine rings is 1. The summed E-state index contributed by atoms with van der Waals surface area (Å²) in [6.07, 6.45) is 1.46. The van der Waals surface area contributed by atoms with Gasteiger partial charge in [0.25, 0.3) is 0 Å². The quantitative estimate of drug-likeness (QED) is 0.878. The predicted molar refractivity (Wildman–Crippen MR) is 103 cm³/mol. The number of benzene rings is 1. The number of rotatable bonds is 4. The Morgan fingerprint density at radius 1 is 1.07 bits per heavy atom. The lowest BCUT2D eigenvalue weighted by molar-refractivity contribution is -0.117. The van der Waals surface area contributed by atoms with Crippen molar-refractivity contribution < 1.29 is 19.1 Å². The van der Waals surface area contributed by atoms with Gasteiger partial charge in [-0.15, -0.1) is 0 Å². The van der Waals surface area contributed by atoms with Crippen LogP contribution in [0, 0.1) is 11.8 Å². The van der Waals surface area contributed by atoms with Crippen molar-refractivity contribution in [2.75, 3.05) is 38.8 Å². The highest BCUT2D eigenvalue weighted by Gasteiger charge is 2.34. The number of methoxy groups -OCH3 is 2. The molecule has 3 atom stereocenters. The van der Waals surface area contributed by atoms with E-state index in [0.29, 0.717) is 36.3 Å². The minimum atomic E-state index is -0.189. The van der Waals surface area contributed by atoms with Crippen LogP contribution in [-0.2, 0) is 4.79 Å². The Bertz CT molecular complexity index is 698. The van der Waals surface area contributed by atoms with Crippen LogP contribution in [0.4, 0.5) is 10.5 Å². The van der Waals surface area contributed by atoms with E-state index in [4.69, 9.17) is 9.47 Å². The molecule has 1 aromatic carbocycles. The third-order valence-corrected chi connectivity index (χ3v) is 5.29. The summed E-state index contributed by atoms with van der Waals surface area (Å²) in [6, 6.07) is 5.14. The van der Waals surface area contributed by atoms with Crippen LogP contribution in [0.25, 0.3) is 0 Å². The van der Waals surface area contributed by atoms with E-state index in [0.717, 1.165) is 25.2 Å².